The maximum Gasteiger partial charge on any atom is 0.253 e. The van der Waals surface area contributed by atoms with Gasteiger partial charge in [-0.1, -0.05) is 64.7 Å². The predicted molar refractivity (Wildman–Crippen MR) is 116 cm³/mol. The van der Waals surface area contributed by atoms with E-state index in [2.05, 4.69) is 10.6 Å². The van der Waals surface area contributed by atoms with Crippen LogP contribution >= 0.6 is 23.2 Å². The van der Waals surface area contributed by atoms with Crippen molar-refractivity contribution >= 4 is 35.0 Å². The van der Waals surface area contributed by atoms with Gasteiger partial charge in [0.05, 0.1) is 10.0 Å². The fraction of sp³-hybridized carbons (Fsp3) is 0.130. The van der Waals surface area contributed by atoms with Crippen LogP contribution in [0.15, 0.2) is 66.7 Å². The molecular formula is C23H20Cl2N2O2. The Kier molecular flexibility index (Phi) is 6.57. The summed E-state index contributed by atoms with van der Waals surface area (Å²) in [6.07, 6.45) is -0.785. The second-order valence-corrected chi connectivity index (χ2v) is 7.60. The maximum atomic E-state index is 12.7. The Morgan fingerprint density at radius 3 is 1.55 bits per heavy atom. The number of halogens is 2. The minimum atomic E-state index is -0.785. The van der Waals surface area contributed by atoms with E-state index in [0.29, 0.717) is 26.7 Å². The maximum absolute atomic E-state index is 12.7. The van der Waals surface area contributed by atoms with Gasteiger partial charge in [0.15, 0.2) is 0 Å². The Hall–Kier alpha value is -2.82. The molecule has 0 aromatic heterocycles. The van der Waals surface area contributed by atoms with Crippen LogP contribution in [-0.2, 0) is 0 Å². The van der Waals surface area contributed by atoms with E-state index in [-0.39, 0.29) is 11.8 Å². The van der Waals surface area contributed by atoms with Crippen molar-refractivity contribution in [2.45, 2.75) is 20.0 Å². The SMILES string of the molecule is Cc1ccc(C(=O)NC(NC(=O)c2ccc(C)cc2)c2ccc(Cl)c(Cl)c2)cc1. The van der Waals surface area contributed by atoms with Crippen LogP contribution in [0.3, 0.4) is 0 Å². The molecule has 2 N–H and O–H groups in total. The average Bonchev–Trinajstić information content (AvgIpc) is 2.70. The number of rotatable bonds is 5. The van der Waals surface area contributed by atoms with Gasteiger partial charge in [-0.3, -0.25) is 9.59 Å². The van der Waals surface area contributed by atoms with E-state index in [1.165, 1.54) is 0 Å². The van der Waals surface area contributed by atoms with E-state index >= 15 is 0 Å². The van der Waals surface area contributed by atoms with Crippen LogP contribution in [0.4, 0.5) is 0 Å². The normalized spacial score (nSPS) is 10.7. The molecule has 3 aromatic carbocycles. The van der Waals surface area contributed by atoms with E-state index in [1.54, 1.807) is 42.5 Å². The molecule has 29 heavy (non-hydrogen) atoms. The number of nitrogens with one attached hydrogen (secondary N) is 2. The summed E-state index contributed by atoms with van der Waals surface area (Å²) in [7, 11) is 0. The lowest BCUT2D eigenvalue weighted by Gasteiger charge is -2.21. The molecule has 0 heterocycles. The number of carbonyl (C=O) groups excluding carboxylic acids is 2. The summed E-state index contributed by atoms with van der Waals surface area (Å²) in [6, 6.07) is 19.3. The van der Waals surface area contributed by atoms with Gasteiger partial charge >= 0.3 is 0 Å². The summed E-state index contributed by atoms with van der Waals surface area (Å²) in [6.45, 7) is 3.89. The van der Waals surface area contributed by atoms with Crippen LogP contribution < -0.4 is 10.6 Å². The van der Waals surface area contributed by atoms with Crippen LogP contribution in [0.25, 0.3) is 0 Å². The van der Waals surface area contributed by atoms with Crippen molar-refractivity contribution in [1.82, 2.24) is 10.6 Å². The Bertz CT molecular complexity index is 972. The van der Waals surface area contributed by atoms with Crippen molar-refractivity contribution < 1.29 is 9.59 Å². The van der Waals surface area contributed by atoms with Crippen molar-refractivity contribution in [3.63, 3.8) is 0 Å². The first-order valence-corrected chi connectivity index (χ1v) is 9.79. The van der Waals surface area contributed by atoms with E-state index in [9.17, 15) is 9.59 Å². The zero-order valence-corrected chi connectivity index (χ0v) is 17.5. The van der Waals surface area contributed by atoms with Crippen LogP contribution in [0, 0.1) is 13.8 Å². The molecule has 0 bridgehead atoms. The molecule has 0 radical (unpaired) electrons. The number of carbonyl (C=O) groups is 2. The second kappa shape index (κ2) is 9.12. The third kappa shape index (κ3) is 5.37. The van der Waals surface area contributed by atoms with Gasteiger partial charge in [0.25, 0.3) is 11.8 Å². The second-order valence-electron chi connectivity index (χ2n) is 6.79. The summed E-state index contributed by atoms with van der Waals surface area (Å²) in [5.41, 5.74) is 3.70. The molecular weight excluding hydrogens is 407 g/mol. The quantitative estimate of drug-likeness (QED) is 0.531. The standard InChI is InChI=1S/C23H20Cl2N2O2/c1-14-3-7-16(8-4-14)22(28)26-21(18-11-12-19(24)20(25)13-18)27-23(29)17-9-5-15(2)6-10-17/h3-13,21H,1-2H3,(H,26,28)(H,27,29). The fourth-order valence-corrected chi connectivity index (χ4v) is 3.04. The number of amides is 2. The largest absolute Gasteiger partial charge is 0.328 e. The first-order valence-electron chi connectivity index (χ1n) is 9.03. The molecule has 0 saturated heterocycles. The van der Waals surface area contributed by atoms with Gasteiger partial charge in [0.2, 0.25) is 0 Å². The van der Waals surface area contributed by atoms with Gasteiger partial charge in [-0.25, -0.2) is 0 Å². The molecule has 0 aliphatic heterocycles. The highest BCUT2D eigenvalue weighted by molar-refractivity contribution is 6.42. The third-order valence-corrected chi connectivity index (χ3v) is 5.19. The van der Waals surface area contributed by atoms with Gasteiger partial charge in [-0.2, -0.15) is 0 Å². The Morgan fingerprint density at radius 1 is 0.690 bits per heavy atom. The lowest BCUT2D eigenvalue weighted by Crippen LogP contribution is -2.41. The van der Waals surface area contributed by atoms with E-state index in [0.717, 1.165) is 11.1 Å². The molecule has 0 saturated carbocycles. The van der Waals surface area contributed by atoms with Crippen molar-refractivity contribution in [2.24, 2.45) is 0 Å². The molecule has 0 spiro atoms. The number of aryl methyl sites for hydroxylation is 2. The highest BCUT2D eigenvalue weighted by Crippen LogP contribution is 2.25. The smallest absolute Gasteiger partial charge is 0.253 e. The molecule has 0 fully saturated rings. The monoisotopic (exact) mass is 426 g/mol. The van der Waals surface area contributed by atoms with Gasteiger partial charge in [0, 0.05) is 11.1 Å². The van der Waals surface area contributed by atoms with Crippen molar-refractivity contribution in [1.29, 1.82) is 0 Å². The summed E-state index contributed by atoms with van der Waals surface area (Å²) in [5.74, 6) is -0.629. The molecule has 0 aliphatic rings. The highest BCUT2D eigenvalue weighted by Gasteiger charge is 2.20. The van der Waals surface area contributed by atoms with E-state index < -0.39 is 6.17 Å². The topological polar surface area (TPSA) is 58.2 Å². The molecule has 6 heteroatoms. The number of benzene rings is 3. The number of hydrogen-bond acceptors (Lipinski definition) is 2. The Labute approximate surface area is 179 Å². The molecule has 4 nitrogen and oxygen atoms in total. The average molecular weight is 427 g/mol. The van der Waals surface area contributed by atoms with Gasteiger partial charge in [0.1, 0.15) is 6.17 Å². The Balaban J connectivity index is 1.87. The van der Waals surface area contributed by atoms with Crippen LogP contribution in [0.2, 0.25) is 10.0 Å². The molecule has 0 aliphatic carbocycles. The van der Waals surface area contributed by atoms with Crippen molar-refractivity contribution in [3.8, 4) is 0 Å². The molecule has 0 atom stereocenters. The predicted octanol–water partition coefficient (Wildman–Crippen LogP) is 5.47. The summed E-state index contributed by atoms with van der Waals surface area (Å²) >= 11 is 12.2. The van der Waals surface area contributed by atoms with E-state index in [1.807, 2.05) is 38.1 Å². The third-order valence-electron chi connectivity index (χ3n) is 4.46. The zero-order chi connectivity index (χ0) is 21.0. The minimum absolute atomic E-state index is 0.315. The summed E-state index contributed by atoms with van der Waals surface area (Å²) < 4.78 is 0. The van der Waals surface area contributed by atoms with Gasteiger partial charge in [-0.05, 0) is 55.8 Å². The molecule has 2 amide bonds. The van der Waals surface area contributed by atoms with E-state index in [4.69, 9.17) is 23.2 Å². The lowest BCUT2D eigenvalue weighted by atomic mass is 10.1. The number of hydrogen-bond donors (Lipinski definition) is 2. The first kappa shape index (κ1) is 20.9. The first-order chi connectivity index (χ1) is 13.8. The minimum Gasteiger partial charge on any atom is -0.328 e. The van der Waals surface area contributed by atoms with Crippen LogP contribution in [0.5, 0.6) is 0 Å². The molecule has 0 unspecified atom stereocenters. The summed E-state index contributed by atoms with van der Waals surface area (Å²) in [4.78, 5) is 25.5. The van der Waals surface area contributed by atoms with Crippen LogP contribution in [-0.4, -0.2) is 11.8 Å². The zero-order valence-electron chi connectivity index (χ0n) is 16.0. The molecule has 3 rings (SSSR count). The van der Waals surface area contributed by atoms with Gasteiger partial charge < -0.3 is 10.6 Å². The fourth-order valence-electron chi connectivity index (χ4n) is 2.73. The van der Waals surface area contributed by atoms with Crippen molar-refractivity contribution in [2.75, 3.05) is 0 Å². The molecule has 148 valence electrons. The van der Waals surface area contributed by atoms with Crippen LogP contribution in [0.1, 0.15) is 43.6 Å². The lowest BCUT2D eigenvalue weighted by molar-refractivity contribution is 0.0883. The van der Waals surface area contributed by atoms with Gasteiger partial charge in [-0.15, -0.1) is 0 Å². The summed E-state index contributed by atoms with van der Waals surface area (Å²) in [5, 5.41) is 6.44. The van der Waals surface area contributed by atoms with Crippen molar-refractivity contribution in [3.05, 3.63) is 105 Å². The highest BCUT2D eigenvalue weighted by atomic mass is 35.5. The molecule has 3 aromatic rings. The Morgan fingerprint density at radius 2 is 1.14 bits per heavy atom.